The van der Waals surface area contributed by atoms with Gasteiger partial charge in [0.15, 0.2) is 11.5 Å². The Morgan fingerprint density at radius 3 is 1.97 bits per heavy atom. The summed E-state index contributed by atoms with van der Waals surface area (Å²) < 4.78 is 21.2. The van der Waals surface area contributed by atoms with Gasteiger partial charge in [-0.2, -0.15) is 0 Å². The molecule has 0 radical (unpaired) electrons. The van der Waals surface area contributed by atoms with Gasteiger partial charge in [0.1, 0.15) is 11.5 Å². The molecule has 0 atom stereocenters. The van der Waals surface area contributed by atoms with E-state index in [1.165, 1.54) is 19.3 Å². The molecule has 35 heavy (non-hydrogen) atoms. The monoisotopic (exact) mass is 476 g/mol. The van der Waals surface area contributed by atoms with Crippen LogP contribution in [0.3, 0.4) is 0 Å². The molecule has 0 saturated carbocycles. The summed E-state index contributed by atoms with van der Waals surface area (Å²) in [6.07, 6.45) is 6.68. The lowest BCUT2D eigenvalue weighted by Crippen LogP contribution is -2.08. The van der Waals surface area contributed by atoms with Crippen molar-refractivity contribution in [2.75, 3.05) is 39.5 Å². The first-order chi connectivity index (χ1) is 16.9. The van der Waals surface area contributed by atoms with Gasteiger partial charge in [-0.15, -0.1) is 0 Å². The van der Waals surface area contributed by atoms with Crippen molar-refractivity contribution in [1.82, 2.24) is 0 Å². The van der Waals surface area contributed by atoms with Gasteiger partial charge in [0.25, 0.3) is 0 Å². The highest BCUT2D eigenvalue weighted by atomic mass is 16.5. The van der Waals surface area contributed by atoms with Crippen molar-refractivity contribution in [3.05, 3.63) is 71.3 Å². The highest BCUT2D eigenvalue weighted by Crippen LogP contribution is 2.38. The Hall–Kier alpha value is -4.59. The molecule has 0 aliphatic rings. The minimum atomic E-state index is -0.402. The molecule has 0 aliphatic heterocycles. The number of carbonyl (C=O) groups is 1. The Morgan fingerprint density at radius 1 is 0.771 bits per heavy atom. The van der Waals surface area contributed by atoms with Gasteiger partial charge in [0, 0.05) is 6.08 Å². The van der Waals surface area contributed by atoms with Crippen molar-refractivity contribution >= 4 is 35.5 Å². The number of nitrogen functional groups attached to an aromatic ring is 1. The molecule has 3 aromatic rings. The van der Waals surface area contributed by atoms with Crippen molar-refractivity contribution in [2.24, 2.45) is 0 Å². The Labute approximate surface area is 204 Å². The maximum Gasteiger partial charge on any atom is 0.248 e. The molecule has 3 aromatic carbocycles. The van der Waals surface area contributed by atoms with Crippen LogP contribution in [0.1, 0.15) is 16.7 Å². The molecular weight excluding hydrogens is 448 g/mol. The fourth-order valence-electron chi connectivity index (χ4n) is 3.35. The van der Waals surface area contributed by atoms with Crippen molar-refractivity contribution < 1.29 is 28.8 Å². The first-order valence-corrected chi connectivity index (χ1v) is 10.6. The van der Waals surface area contributed by atoms with Crippen molar-refractivity contribution in [1.29, 1.82) is 0 Å². The zero-order valence-electron chi connectivity index (χ0n) is 20.0. The number of amides is 1. The summed E-state index contributed by atoms with van der Waals surface area (Å²) in [6.45, 7) is 0. The Morgan fingerprint density at radius 2 is 1.37 bits per heavy atom. The van der Waals surface area contributed by atoms with E-state index in [0.29, 0.717) is 28.7 Å². The zero-order valence-corrected chi connectivity index (χ0v) is 20.0. The summed E-state index contributed by atoms with van der Waals surface area (Å²) in [5.41, 5.74) is 8.97. The number of carbonyl (C=O) groups excluding carboxylic acids is 1. The summed E-state index contributed by atoms with van der Waals surface area (Å²) in [7, 11) is 6.19. The smallest absolute Gasteiger partial charge is 0.248 e. The predicted molar refractivity (Wildman–Crippen MR) is 138 cm³/mol. The van der Waals surface area contributed by atoms with Crippen molar-refractivity contribution in [3.63, 3.8) is 0 Å². The van der Waals surface area contributed by atoms with Crippen molar-refractivity contribution in [2.45, 2.75) is 0 Å². The number of hydrogen-bond donors (Lipinski definition) is 3. The number of aromatic hydroxyl groups is 1. The van der Waals surface area contributed by atoms with Crippen LogP contribution in [-0.2, 0) is 4.79 Å². The van der Waals surface area contributed by atoms with E-state index in [9.17, 15) is 9.90 Å². The first-order valence-electron chi connectivity index (χ1n) is 10.6. The Balaban J connectivity index is 1.76. The average Bonchev–Trinajstić information content (AvgIpc) is 2.87. The topological polar surface area (TPSA) is 112 Å². The summed E-state index contributed by atoms with van der Waals surface area (Å²) >= 11 is 0. The maximum atomic E-state index is 12.4. The number of phenols is 1. The molecule has 4 N–H and O–H groups in total. The van der Waals surface area contributed by atoms with Gasteiger partial charge in [-0.1, -0.05) is 24.3 Å². The highest BCUT2D eigenvalue weighted by Gasteiger charge is 2.12. The van der Waals surface area contributed by atoms with Gasteiger partial charge >= 0.3 is 0 Å². The third-order valence-corrected chi connectivity index (χ3v) is 5.11. The third kappa shape index (κ3) is 6.26. The molecule has 0 heterocycles. The molecule has 0 aromatic heterocycles. The lowest BCUT2D eigenvalue weighted by molar-refractivity contribution is -0.111. The van der Waals surface area contributed by atoms with E-state index >= 15 is 0 Å². The van der Waals surface area contributed by atoms with Crippen molar-refractivity contribution in [3.8, 4) is 28.7 Å². The first kappa shape index (κ1) is 25.0. The predicted octanol–water partition coefficient (Wildman–Crippen LogP) is 4.83. The number of phenolic OH excluding ortho intramolecular Hbond substituents is 1. The van der Waals surface area contributed by atoms with Gasteiger partial charge in [-0.05, 0) is 59.2 Å². The van der Waals surface area contributed by atoms with Crippen LogP contribution in [0.15, 0.2) is 54.6 Å². The molecular formula is C27H28N2O6. The second-order valence-corrected chi connectivity index (χ2v) is 7.39. The van der Waals surface area contributed by atoms with Crippen LogP contribution in [0.5, 0.6) is 28.7 Å². The second-order valence-electron chi connectivity index (χ2n) is 7.39. The molecule has 0 spiro atoms. The number of methoxy groups -OCH3 is 4. The average molecular weight is 477 g/mol. The van der Waals surface area contributed by atoms with E-state index in [0.717, 1.165) is 16.7 Å². The van der Waals surface area contributed by atoms with E-state index in [4.69, 9.17) is 24.7 Å². The fraction of sp³-hybridized carbons (Fsp3) is 0.148. The van der Waals surface area contributed by atoms with Crippen LogP contribution < -0.4 is 30.0 Å². The van der Waals surface area contributed by atoms with Crippen LogP contribution in [0.4, 0.5) is 11.4 Å². The second kappa shape index (κ2) is 11.5. The van der Waals surface area contributed by atoms with Crippen LogP contribution in [0.25, 0.3) is 18.2 Å². The lowest BCUT2D eigenvalue weighted by atomic mass is 10.1. The van der Waals surface area contributed by atoms with Crippen LogP contribution in [-0.4, -0.2) is 39.5 Å². The van der Waals surface area contributed by atoms with Gasteiger partial charge in [0.2, 0.25) is 11.7 Å². The number of rotatable bonds is 9. The summed E-state index contributed by atoms with van der Waals surface area (Å²) in [6, 6.07) is 13.8. The largest absolute Gasteiger partial charge is 0.506 e. The maximum absolute atomic E-state index is 12.4. The molecule has 0 unspecified atom stereocenters. The van der Waals surface area contributed by atoms with Gasteiger partial charge in [-0.25, -0.2) is 0 Å². The number of nitrogens with one attached hydrogen (secondary N) is 1. The van der Waals surface area contributed by atoms with E-state index in [1.807, 2.05) is 24.3 Å². The Kier molecular flexibility index (Phi) is 8.24. The molecule has 8 heteroatoms. The number of hydrogen-bond acceptors (Lipinski definition) is 7. The Bertz CT molecular complexity index is 1240. The standard InChI is InChI=1S/C27H28N2O6/c1-32-23-11-8-17(13-20(23)28)9-12-26(31)29-21-14-18(7-10-22(21)30)5-6-19-15-24(33-2)27(35-4)25(16-19)34-3/h5-16,30H,28H2,1-4H3,(H,29,31)/b6-5+,12-9+. The number of ether oxygens (including phenoxy) is 4. The van der Waals surface area contributed by atoms with E-state index in [1.54, 1.807) is 57.7 Å². The minimum Gasteiger partial charge on any atom is -0.506 e. The van der Waals surface area contributed by atoms with Gasteiger partial charge in [0.05, 0.1) is 39.8 Å². The normalized spacial score (nSPS) is 11.0. The van der Waals surface area contributed by atoms with Crippen LogP contribution in [0.2, 0.25) is 0 Å². The minimum absolute atomic E-state index is 0.0506. The molecule has 0 bridgehead atoms. The quantitative estimate of drug-likeness (QED) is 0.175. The molecule has 0 saturated heterocycles. The molecule has 0 fully saturated rings. The van der Waals surface area contributed by atoms with Gasteiger partial charge < -0.3 is 35.1 Å². The van der Waals surface area contributed by atoms with E-state index < -0.39 is 5.91 Å². The molecule has 182 valence electrons. The number of nitrogens with two attached hydrogens (primary N) is 1. The molecule has 0 aliphatic carbocycles. The third-order valence-electron chi connectivity index (χ3n) is 5.11. The van der Waals surface area contributed by atoms with Crippen LogP contribution >= 0.6 is 0 Å². The zero-order chi connectivity index (χ0) is 25.4. The SMILES string of the molecule is COc1ccc(/C=C/C(=O)Nc2cc(/C=C/c3cc(OC)c(OC)c(OC)c3)ccc2O)cc1N. The molecule has 8 nitrogen and oxygen atoms in total. The fourth-order valence-corrected chi connectivity index (χ4v) is 3.35. The van der Waals surface area contributed by atoms with Gasteiger partial charge in [-0.3, -0.25) is 4.79 Å². The van der Waals surface area contributed by atoms with E-state index in [2.05, 4.69) is 5.32 Å². The van der Waals surface area contributed by atoms with Crippen LogP contribution in [0, 0.1) is 0 Å². The lowest BCUT2D eigenvalue weighted by Gasteiger charge is -2.12. The highest BCUT2D eigenvalue weighted by molar-refractivity contribution is 6.03. The summed E-state index contributed by atoms with van der Waals surface area (Å²) in [5.74, 6) is 1.69. The summed E-state index contributed by atoms with van der Waals surface area (Å²) in [5, 5.41) is 12.9. The molecule has 3 rings (SSSR count). The number of benzene rings is 3. The summed E-state index contributed by atoms with van der Waals surface area (Å²) in [4.78, 5) is 12.4. The number of anilines is 2. The molecule has 1 amide bonds. The van der Waals surface area contributed by atoms with E-state index in [-0.39, 0.29) is 11.4 Å².